The van der Waals surface area contributed by atoms with Gasteiger partial charge in [0.25, 0.3) is 0 Å². The predicted octanol–water partition coefficient (Wildman–Crippen LogP) is 1.19. The van der Waals surface area contributed by atoms with Crippen LogP contribution in [0.5, 0.6) is 0 Å². The number of hydrogen-bond acceptors (Lipinski definition) is 4. The monoisotopic (exact) mass is 307 g/mol. The van der Waals surface area contributed by atoms with Crippen LogP contribution in [-0.2, 0) is 9.59 Å². The Labute approximate surface area is 129 Å². The van der Waals surface area contributed by atoms with Crippen LogP contribution in [0.1, 0.15) is 6.42 Å². The number of para-hydroxylation sites is 1. The van der Waals surface area contributed by atoms with Gasteiger partial charge in [-0.25, -0.2) is 0 Å². The van der Waals surface area contributed by atoms with Gasteiger partial charge < -0.3 is 15.1 Å². The third-order valence-electron chi connectivity index (χ3n) is 3.21. The molecule has 2 rings (SSSR count). The third kappa shape index (κ3) is 4.47. The number of rotatable bonds is 6. The average molecular weight is 307 g/mol. The van der Waals surface area contributed by atoms with E-state index in [1.807, 2.05) is 38.4 Å². The zero-order chi connectivity index (χ0) is 15.2. The number of benzene rings is 1. The number of nitrogens with one attached hydrogen (secondary N) is 1. The molecule has 1 heterocycles. The van der Waals surface area contributed by atoms with E-state index in [1.54, 1.807) is 4.90 Å². The number of carbonyl (C=O) groups is 2. The van der Waals surface area contributed by atoms with Gasteiger partial charge in [0.15, 0.2) is 0 Å². The van der Waals surface area contributed by atoms with Crippen molar-refractivity contribution in [1.29, 1.82) is 0 Å². The van der Waals surface area contributed by atoms with Crippen molar-refractivity contribution in [3.05, 3.63) is 24.3 Å². The van der Waals surface area contributed by atoms with Crippen LogP contribution in [-0.4, -0.2) is 56.2 Å². The third-order valence-corrected chi connectivity index (χ3v) is 4.26. The molecule has 0 atom stereocenters. The fraction of sp³-hybridized carbons (Fsp3) is 0.467. The molecule has 5 nitrogen and oxygen atoms in total. The van der Waals surface area contributed by atoms with Crippen molar-refractivity contribution < 1.29 is 9.59 Å². The minimum Gasteiger partial charge on any atom is -0.355 e. The molecule has 0 radical (unpaired) electrons. The minimum atomic E-state index is -0.108. The van der Waals surface area contributed by atoms with Crippen LogP contribution >= 0.6 is 11.8 Å². The Morgan fingerprint density at radius 2 is 2.14 bits per heavy atom. The van der Waals surface area contributed by atoms with Crippen LogP contribution in [0.2, 0.25) is 0 Å². The first-order chi connectivity index (χ1) is 10.1. The highest BCUT2D eigenvalue weighted by Crippen LogP contribution is 2.34. The SMILES string of the molecule is CN(C)CCCNC(=O)CN1C(=O)CSc2ccccc21. The maximum absolute atomic E-state index is 12.0. The van der Waals surface area contributed by atoms with E-state index in [2.05, 4.69) is 10.2 Å². The van der Waals surface area contributed by atoms with Crippen LogP contribution in [0.4, 0.5) is 5.69 Å². The number of amides is 2. The van der Waals surface area contributed by atoms with Crippen molar-refractivity contribution in [3.63, 3.8) is 0 Å². The Morgan fingerprint density at radius 1 is 1.38 bits per heavy atom. The van der Waals surface area contributed by atoms with Gasteiger partial charge in [-0.3, -0.25) is 9.59 Å². The van der Waals surface area contributed by atoms with Crippen molar-refractivity contribution in [2.45, 2.75) is 11.3 Å². The summed E-state index contributed by atoms with van der Waals surface area (Å²) in [4.78, 5) is 28.7. The zero-order valence-corrected chi connectivity index (χ0v) is 13.3. The van der Waals surface area contributed by atoms with Gasteiger partial charge in [0.2, 0.25) is 11.8 Å². The maximum Gasteiger partial charge on any atom is 0.240 e. The quantitative estimate of drug-likeness (QED) is 0.802. The van der Waals surface area contributed by atoms with Crippen molar-refractivity contribution >= 4 is 29.3 Å². The summed E-state index contributed by atoms with van der Waals surface area (Å²) < 4.78 is 0. The van der Waals surface area contributed by atoms with E-state index < -0.39 is 0 Å². The fourth-order valence-corrected chi connectivity index (χ4v) is 3.09. The van der Waals surface area contributed by atoms with E-state index in [0.717, 1.165) is 23.5 Å². The Bertz CT molecular complexity index is 519. The summed E-state index contributed by atoms with van der Waals surface area (Å²) in [5, 5.41) is 2.87. The first-order valence-electron chi connectivity index (χ1n) is 7.01. The molecule has 1 N–H and O–H groups in total. The Hall–Kier alpha value is -1.53. The molecule has 0 spiro atoms. The van der Waals surface area contributed by atoms with Gasteiger partial charge in [-0.15, -0.1) is 11.8 Å². The van der Waals surface area contributed by atoms with E-state index in [9.17, 15) is 9.59 Å². The normalized spacial score (nSPS) is 14.2. The number of thioether (sulfide) groups is 1. The molecule has 21 heavy (non-hydrogen) atoms. The lowest BCUT2D eigenvalue weighted by Crippen LogP contribution is -2.43. The van der Waals surface area contributed by atoms with E-state index in [0.29, 0.717) is 12.3 Å². The van der Waals surface area contributed by atoms with E-state index >= 15 is 0 Å². The van der Waals surface area contributed by atoms with E-state index in [4.69, 9.17) is 0 Å². The van der Waals surface area contributed by atoms with Crippen molar-refractivity contribution in [2.75, 3.05) is 44.4 Å². The molecular formula is C15H21N3O2S. The molecule has 1 aliphatic rings. The summed E-state index contributed by atoms with van der Waals surface area (Å²) in [7, 11) is 4.01. The lowest BCUT2D eigenvalue weighted by Gasteiger charge is -2.28. The second kappa shape index (κ2) is 7.47. The molecule has 0 aromatic heterocycles. The molecule has 1 aromatic carbocycles. The molecule has 114 valence electrons. The topological polar surface area (TPSA) is 52.7 Å². The van der Waals surface area contributed by atoms with Gasteiger partial charge in [0.1, 0.15) is 6.54 Å². The summed E-state index contributed by atoms with van der Waals surface area (Å²) in [6, 6.07) is 7.70. The highest BCUT2D eigenvalue weighted by Gasteiger charge is 2.25. The van der Waals surface area contributed by atoms with Crippen molar-refractivity contribution in [1.82, 2.24) is 10.2 Å². The van der Waals surface area contributed by atoms with Crippen LogP contribution in [0.3, 0.4) is 0 Å². The van der Waals surface area contributed by atoms with Gasteiger partial charge in [0, 0.05) is 11.4 Å². The van der Waals surface area contributed by atoms with Crippen LogP contribution < -0.4 is 10.2 Å². The molecule has 2 amide bonds. The first kappa shape index (κ1) is 15.9. The molecular weight excluding hydrogens is 286 g/mol. The summed E-state index contributed by atoms with van der Waals surface area (Å²) in [6.07, 6.45) is 0.902. The number of hydrogen-bond donors (Lipinski definition) is 1. The van der Waals surface area contributed by atoms with Crippen LogP contribution in [0.25, 0.3) is 0 Å². The first-order valence-corrected chi connectivity index (χ1v) is 8.00. The number of fused-ring (bicyclic) bond motifs is 1. The molecule has 0 unspecified atom stereocenters. The molecule has 1 aliphatic heterocycles. The average Bonchev–Trinajstić information content (AvgIpc) is 2.46. The van der Waals surface area contributed by atoms with Crippen molar-refractivity contribution in [2.24, 2.45) is 0 Å². The summed E-state index contributed by atoms with van der Waals surface area (Å²) in [6.45, 7) is 1.66. The number of nitrogens with zero attached hydrogens (tertiary/aromatic N) is 2. The zero-order valence-electron chi connectivity index (χ0n) is 12.5. The molecule has 0 saturated heterocycles. The van der Waals surface area contributed by atoms with Crippen molar-refractivity contribution in [3.8, 4) is 0 Å². The predicted molar refractivity (Wildman–Crippen MR) is 85.7 cm³/mol. The Kier molecular flexibility index (Phi) is 5.64. The van der Waals surface area contributed by atoms with Gasteiger partial charge in [0.05, 0.1) is 11.4 Å². The number of anilines is 1. The van der Waals surface area contributed by atoms with Crippen LogP contribution in [0, 0.1) is 0 Å². The summed E-state index contributed by atoms with van der Waals surface area (Å²) in [5.41, 5.74) is 0.835. The highest BCUT2D eigenvalue weighted by atomic mass is 32.2. The summed E-state index contributed by atoms with van der Waals surface area (Å²) >= 11 is 1.52. The standard InChI is InChI=1S/C15H21N3O2S/c1-17(2)9-5-8-16-14(19)10-18-12-6-3-4-7-13(12)21-11-15(18)20/h3-4,6-7H,5,8-11H2,1-2H3,(H,16,19). The number of carbonyl (C=O) groups excluding carboxylic acids is 2. The molecule has 1 aromatic rings. The van der Waals surface area contributed by atoms with E-state index in [-0.39, 0.29) is 18.4 Å². The molecule has 0 saturated carbocycles. The Balaban J connectivity index is 1.90. The fourth-order valence-electron chi connectivity index (χ4n) is 2.15. The summed E-state index contributed by atoms with van der Waals surface area (Å²) in [5.74, 6) is 0.274. The van der Waals surface area contributed by atoms with Gasteiger partial charge in [-0.05, 0) is 39.2 Å². The van der Waals surface area contributed by atoms with Gasteiger partial charge >= 0.3 is 0 Å². The van der Waals surface area contributed by atoms with Gasteiger partial charge in [-0.1, -0.05) is 12.1 Å². The lowest BCUT2D eigenvalue weighted by molar-refractivity contribution is -0.123. The second-order valence-electron chi connectivity index (χ2n) is 5.24. The molecule has 0 bridgehead atoms. The van der Waals surface area contributed by atoms with E-state index in [1.165, 1.54) is 11.8 Å². The minimum absolute atomic E-state index is 0.0119. The smallest absolute Gasteiger partial charge is 0.240 e. The Morgan fingerprint density at radius 3 is 2.90 bits per heavy atom. The largest absolute Gasteiger partial charge is 0.355 e. The highest BCUT2D eigenvalue weighted by molar-refractivity contribution is 8.00. The second-order valence-corrected chi connectivity index (χ2v) is 6.26. The molecule has 0 aliphatic carbocycles. The lowest BCUT2D eigenvalue weighted by atomic mass is 10.2. The van der Waals surface area contributed by atoms with Gasteiger partial charge in [-0.2, -0.15) is 0 Å². The van der Waals surface area contributed by atoms with Crippen LogP contribution in [0.15, 0.2) is 29.2 Å². The maximum atomic E-state index is 12.0. The molecule has 6 heteroatoms. The molecule has 0 fully saturated rings.